The number of hydrogen-bond donors (Lipinski definition) is 1. The van der Waals surface area contributed by atoms with Crippen molar-refractivity contribution in [2.75, 3.05) is 7.05 Å². The van der Waals surface area contributed by atoms with Crippen LogP contribution in [-0.4, -0.2) is 26.6 Å². The highest BCUT2D eigenvalue weighted by atomic mass is 15.3. The van der Waals surface area contributed by atoms with Crippen LogP contribution in [0.25, 0.3) is 5.65 Å². The highest BCUT2D eigenvalue weighted by Gasteiger charge is 2.07. The first kappa shape index (κ1) is 9.08. The first-order valence-corrected chi connectivity index (χ1v) is 4.55. The third kappa shape index (κ3) is 1.35. The monoisotopic (exact) mass is 191 g/mol. The SMILES string of the molecule is CNCc1nc2c(C)ncc(C)n2n1. The predicted molar refractivity (Wildman–Crippen MR) is 53.0 cm³/mol. The Bertz CT molecular complexity index is 420. The Kier molecular flexibility index (Phi) is 2.17. The molecule has 0 aliphatic heterocycles. The predicted octanol–water partition coefficient (Wildman–Crippen LogP) is 0.461. The van der Waals surface area contributed by atoms with Crippen LogP contribution < -0.4 is 5.32 Å². The molecule has 0 saturated carbocycles. The van der Waals surface area contributed by atoms with Gasteiger partial charge < -0.3 is 5.32 Å². The Hall–Kier alpha value is -1.49. The fourth-order valence-electron chi connectivity index (χ4n) is 1.37. The maximum Gasteiger partial charge on any atom is 0.177 e. The number of aryl methyl sites for hydroxylation is 2. The molecular weight excluding hydrogens is 178 g/mol. The minimum Gasteiger partial charge on any atom is -0.313 e. The summed E-state index contributed by atoms with van der Waals surface area (Å²) in [6, 6.07) is 0. The summed E-state index contributed by atoms with van der Waals surface area (Å²) in [6.07, 6.45) is 1.81. The molecule has 74 valence electrons. The van der Waals surface area contributed by atoms with E-state index in [1.807, 2.05) is 25.4 Å². The van der Waals surface area contributed by atoms with Gasteiger partial charge in [-0.1, -0.05) is 0 Å². The first-order chi connectivity index (χ1) is 6.72. The lowest BCUT2D eigenvalue weighted by molar-refractivity contribution is 0.747. The third-order valence-corrected chi connectivity index (χ3v) is 2.09. The van der Waals surface area contributed by atoms with Crippen molar-refractivity contribution in [2.24, 2.45) is 0 Å². The molecule has 2 rings (SSSR count). The van der Waals surface area contributed by atoms with Crippen molar-refractivity contribution in [3.8, 4) is 0 Å². The normalized spacial score (nSPS) is 11.1. The molecule has 0 aliphatic rings. The van der Waals surface area contributed by atoms with Gasteiger partial charge in [-0.25, -0.2) is 9.50 Å². The highest BCUT2D eigenvalue weighted by molar-refractivity contribution is 5.42. The highest BCUT2D eigenvalue weighted by Crippen LogP contribution is 2.07. The molecule has 0 aliphatic carbocycles. The van der Waals surface area contributed by atoms with Crippen molar-refractivity contribution in [2.45, 2.75) is 20.4 Å². The second-order valence-corrected chi connectivity index (χ2v) is 3.28. The Balaban J connectivity index is 2.63. The lowest BCUT2D eigenvalue weighted by Gasteiger charge is -1.97. The topological polar surface area (TPSA) is 55.1 Å². The average Bonchev–Trinajstić information content (AvgIpc) is 2.57. The van der Waals surface area contributed by atoms with Crippen LogP contribution in [0.3, 0.4) is 0 Å². The van der Waals surface area contributed by atoms with Gasteiger partial charge in [-0.3, -0.25) is 4.98 Å². The molecule has 5 heteroatoms. The summed E-state index contributed by atoms with van der Waals surface area (Å²) >= 11 is 0. The van der Waals surface area contributed by atoms with E-state index < -0.39 is 0 Å². The number of hydrogen-bond acceptors (Lipinski definition) is 4. The zero-order chi connectivity index (χ0) is 10.1. The molecule has 0 aromatic carbocycles. The van der Waals surface area contributed by atoms with Gasteiger partial charge in [0.05, 0.1) is 17.9 Å². The van der Waals surface area contributed by atoms with Gasteiger partial charge in [0.15, 0.2) is 11.5 Å². The second kappa shape index (κ2) is 3.34. The zero-order valence-corrected chi connectivity index (χ0v) is 8.57. The van der Waals surface area contributed by atoms with Crippen LogP contribution in [0, 0.1) is 13.8 Å². The lowest BCUT2D eigenvalue weighted by Crippen LogP contribution is -2.06. The Morgan fingerprint density at radius 1 is 1.43 bits per heavy atom. The lowest BCUT2D eigenvalue weighted by atomic mass is 10.4. The van der Waals surface area contributed by atoms with E-state index in [2.05, 4.69) is 20.4 Å². The van der Waals surface area contributed by atoms with Crippen LogP contribution in [0.15, 0.2) is 6.20 Å². The number of nitrogens with zero attached hydrogens (tertiary/aromatic N) is 4. The standard InChI is InChI=1S/C9H13N5/c1-6-4-11-7(2)9-12-8(5-10-3)13-14(6)9/h4,10H,5H2,1-3H3. The summed E-state index contributed by atoms with van der Waals surface area (Å²) < 4.78 is 1.83. The average molecular weight is 191 g/mol. The van der Waals surface area contributed by atoms with Gasteiger partial charge in [-0.05, 0) is 20.9 Å². The van der Waals surface area contributed by atoms with Gasteiger partial charge in [0.1, 0.15) is 0 Å². The zero-order valence-electron chi connectivity index (χ0n) is 8.57. The number of fused-ring (bicyclic) bond motifs is 1. The molecule has 2 heterocycles. The maximum absolute atomic E-state index is 4.39. The summed E-state index contributed by atoms with van der Waals surface area (Å²) in [5.41, 5.74) is 2.75. The number of aromatic nitrogens is 4. The molecule has 2 aromatic heterocycles. The van der Waals surface area contributed by atoms with Gasteiger partial charge in [0, 0.05) is 6.20 Å². The minimum absolute atomic E-state index is 0.681. The van der Waals surface area contributed by atoms with E-state index in [-0.39, 0.29) is 0 Å². The van der Waals surface area contributed by atoms with Crippen LogP contribution in [0.1, 0.15) is 17.2 Å². The number of nitrogens with one attached hydrogen (secondary N) is 1. The molecule has 0 amide bonds. The van der Waals surface area contributed by atoms with Crippen molar-refractivity contribution in [1.82, 2.24) is 24.9 Å². The van der Waals surface area contributed by atoms with Crippen LogP contribution in [0.2, 0.25) is 0 Å². The van der Waals surface area contributed by atoms with Gasteiger partial charge in [0.2, 0.25) is 0 Å². The molecule has 1 N–H and O–H groups in total. The van der Waals surface area contributed by atoms with Crippen LogP contribution in [0.4, 0.5) is 0 Å². The second-order valence-electron chi connectivity index (χ2n) is 3.28. The van der Waals surface area contributed by atoms with Gasteiger partial charge in [-0.2, -0.15) is 0 Å². The summed E-state index contributed by atoms with van der Waals surface area (Å²) in [7, 11) is 1.88. The van der Waals surface area contributed by atoms with E-state index in [1.54, 1.807) is 6.20 Å². The summed E-state index contributed by atoms with van der Waals surface area (Å²) in [6.45, 7) is 4.59. The van der Waals surface area contributed by atoms with E-state index >= 15 is 0 Å². The number of rotatable bonds is 2. The van der Waals surface area contributed by atoms with E-state index in [0.717, 1.165) is 22.9 Å². The first-order valence-electron chi connectivity index (χ1n) is 4.55. The summed E-state index contributed by atoms with van der Waals surface area (Å²) in [5.74, 6) is 0.798. The molecule has 14 heavy (non-hydrogen) atoms. The molecule has 0 atom stereocenters. The molecule has 0 fully saturated rings. The molecule has 0 bridgehead atoms. The fourth-order valence-corrected chi connectivity index (χ4v) is 1.37. The third-order valence-electron chi connectivity index (χ3n) is 2.09. The molecule has 0 saturated heterocycles. The summed E-state index contributed by atoms with van der Waals surface area (Å²) in [4.78, 5) is 8.63. The van der Waals surface area contributed by atoms with Crippen molar-refractivity contribution in [3.05, 3.63) is 23.4 Å². The van der Waals surface area contributed by atoms with Crippen molar-refractivity contribution in [1.29, 1.82) is 0 Å². The van der Waals surface area contributed by atoms with Gasteiger partial charge >= 0.3 is 0 Å². The quantitative estimate of drug-likeness (QED) is 0.749. The molecule has 2 aromatic rings. The van der Waals surface area contributed by atoms with Crippen LogP contribution >= 0.6 is 0 Å². The van der Waals surface area contributed by atoms with E-state index in [9.17, 15) is 0 Å². The smallest absolute Gasteiger partial charge is 0.177 e. The fraction of sp³-hybridized carbons (Fsp3) is 0.444. The molecule has 0 unspecified atom stereocenters. The van der Waals surface area contributed by atoms with Crippen LogP contribution in [0.5, 0.6) is 0 Å². The van der Waals surface area contributed by atoms with E-state index in [1.165, 1.54) is 0 Å². The molecule has 5 nitrogen and oxygen atoms in total. The van der Waals surface area contributed by atoms with Crippen molar-refractivity contribution in [3.63, 3.8) is 0 Å². The Morgan fingerprint density at radius 2 is 2.21 bits per heavy atom. The Morgan fingerprint density at radius 3 is 2.86 bits per heavy atom. The maximum atomic E-state index is 4.39. The van der Waals surface area contributed by atoms with Gasteiger partial charge in [0.25, 0.3) is 0 Å². The van der Waals surface area contributed by atoms with E-state index in [4.69, 9.17) is 0 Å². The molecular formula is C9H13N5. The largest absolute Gasteiger partial charge is 0.313 e. The van der Waals surface area contributed by atoms with Crippen molar-refractivity contribution < 1.29 is 0 Å². The van der Waals surface area contributed by atoms with Crippen LogP contribution in [-0.2, 0) is 6.54 Å². The van der Waals surface area contributed by atoms with Crippen molar-refractivity contribution >= 4 is 5.65 Å². The molecule has 0 radical (unpaired) electrons. The molecule has 0 spiro atoms. The van der Waals surface area contributed by atoms with E-state index in [0.29, 0.717) is 6.54 Å². The Labute approximate surface area is 82.2 Å². The summed E-state index contributed by atoms with van der Waals surface area (Å²) in [5, 5.41) is 7.39. The minimum atomic E-state index is 0.681. The van der Waals surface area contributed by atoms with Gasteiger partial charge in [-0.15, -0.1) is 5.10 Å².